The molecule has 1 aromatic rings. The molecule has 2 nitrogen and oxygen atoms in total. The van der Waals surface area contributed by atoms with E-state index in [0.717, 1.165) is 5.46 Å². The highest BCUT2D eigenvalue weighted by molar-refractivity contribution is 6.80. The highest BCUT2D eigenvalue weighted by Gasteiger charge is 2.26. The summed E-state index contributed by atoms with van der Waals surface area (Å²) >= 11 is 0. The molecule has 12 heavy (non-hydrogen) atoms. The maximum atomic E-state index is 5.57. The molecule has 1 fully saturated rings. The van der Waals surface area contributed by atoms with Crippen molar-refractivity contribution in [3.8, 4) is 0 Å². The topological polar surface area (TPSA) is 18.5 Å². The van der Waals surface area contributed by atoms with Crippen LogP contribution in [-0.4, -0.2) is 19.8 Å². The first kappa shape index (κ1) is 7.83. The molecule has 1 aliphatic heterocycles. The lowest BCUT2D eigenvalue weighted by Crippen LogP contribution is -2.46. The largest absolute Gasteiger partial charge is 0.563 e. The normalized spacial score (nSPS) is 21.1. The molecule has 1 aromatic carbocycles. The van der Waals surface area contributed by atoms with E-state index >= 15 is 0 Å². The zero-order chi connectivity index (χ0) is 8.44. The van der Waals surface area contributed by atoms with Crippen molar-refractivity contribution in [2.45, 2.75) is 6.82 Å². The summed E-state index contributed by atoms with van der Waals surface area (Å²) in [6.07, 6.45) is 0. The van der Waals surface area contributed by atoms with Gasteiger partial charge in [0.05, 0.1) is 0 Å². The molecule has 1 heterocycles. The molecule has 2 rings (SSSR count). The first-order chi connectivity index (χ1) is 5.81. The lowest BCUT2D eigenvalue weighted by Gasteiger charge is -2.30. The van der Waals surface area contributed by atoms with Crippen LogP contribution in [-0.2, 0) is 9.31 Å². The van der Waals surface area contributed by atoms with Crippen LogP contribution in [0.5, 0.6) is 0 Å². The first-order valence-electron chi connectivity index (χ1n) is 4.33. The van der Waals surface area contributed by atoms with Crippen LogP contribution in [0.1, 0.15) is 0 Å². The van der Waals surface area contributed by atoms with Gasteiger partial charge in [-0.05, 0) is 0 Å². The van der Waals surface area contributed by atoms with E-state index in [1.54, 1.807) is 0 Å². The lowest BCUT2D eigenvalue weighted by molar-refractivity contribution is 0.361. The predicted octanol–water partition coefficient (Wildman–Crippen LogP) is 1.01. The Morgan fingerprint density at radius 1 is 1.08 bits per heavy atom. The molecule has 0 bridgehead atoms. The van der Waals surface area contributed by atoms with E-state index in [1.165, 1.54) is 0 Å². The molecule has 0 aromatic heterocycles. The minimum absolute atomic E-state index is 0.714. The maximum Gasteiger partial charge on any atom is 0.266 e. The van der Waals surface area contributed by atoms with Crippen LogP contribution in [0.25, 0.3) is 0 Å². The summed E-state index contributed by atoms with van der Waals surface area (Å²) in [5.41, 5.74) is 1.15. The zero-order valence-electron chi connectivity index (χ0n) is 7.19. The van der Waals surface area contributed by atoms with E-state index in [1.807, 2.05) is 37.2 Å². The Bertz CT molecular complexity index is 254. The van der Waals surface area contributed by atoms with Gasteiger partial charge in [0.2, 0.25) is 0 Å². The van der Waals surface area contributed by atoms with Gasteiger partial charge < -0.3 is 9.31 Å². The highest BCUT2D eigenvalue weighted by Crippen LogP contribution is 2.12. The van der Waals surface area contributed by atoms with Crippen molar-refractivity contribution in [1.29, 1.82) is 0 Å². The number of hydrogen-bond donors (Lipinski definition) is 0. The van der Waals surface area contributed by atoms with Gasteiger partial charge in [0.25, 0.3) is 6.55 Å². The number of hydrogen-bond acceptors (Lipinski definition) is 2. The van der Waals surface area contributed by atoms with Gasteiger partial charge in [0, 0.05) is 13.2 Å². The van der Waals surface area contributed by atoms with Crippen molar-refractivity contribution in [1.82, 2.24) is 0 Å². The van der Waals surface area contributed by atoms with E-state index < -0.39 is 6.55 Å². The minimum atomic E-state index is -1.16. The van der Waals surface area contributed by atoms with Gasteiger partial charge in [0.1, 0.15) is 0 Å². The van der Waals surface area contributed by atoms with E-state index in [2.05, 4.69) is 0 Å². The number of benzene rings is 1. The molecule has 0 spiro atoms. The average molecular weight is 163 g/mol. The van der Waals surface area contributed by atoms with Gasteiger partial charge in [0.15, 0.2) is 0 Å². The predicted molar refractivity (Wildman–Crippen MR) is 49.6 cm³/mol. The lowest BCUT2D eigenvalue weighted by atomic mass is 9.54. The summed E-state index contributed by atoms with van der Waals surface area (Å²) in [6, 6.07) is 10.1. The Hall–Kier alpha value is -0.795. The van der Waals surface area contributed by atoms with E-state index in [9.17, 15) is 0 Å². The SMILES string of the molecule is C[B-]1(c2ccccc2)OCCO1. The standard InChI is InChI=1S/C9H12BO2/c1-10(11-7-8-12-10)9-5-3-2-4-6-9/h2-6H,7-8H2,1H3/q-1. The van der Waals surface area contributed by atoms with Gasteiger partial charge >= 0.3 is 0 Å². The second-order valence-corrected chi connectivity index (χ2v) is 3.24. The van der Waals surface area contributed by atoms with Crippen LogP contribution >= 0.6 is 0 Å². The summed E-state index contributed by atoms with van der Waals surface area (Å²) in [7, 11) is 0. The van der Waals surface area contributed by atoms with Gasteiger partial charge in [-0.2, -0.15) is 5.46 Å². The minimum Gasteiger partial charge on any atom is -0.563 e. The average Bonchev–Trinajstić information content (AvgIpc) is 2.55. The number of rotatable bonds is 1. The summed E-state index contributed by atoms with van der Waals surface area (Å²) in [4.78, 5) is 0. The fourth-order valence-electron chi connectivity index (χ4n) is 1.59. The van der Waals surface area contributed by atoms with Gasteiger partial charge in [-0.15, -0.1) is 6.82 Å². The molecular weight excluding hydrogens is 151 g/mol. The molecule has 0 amide bonds. The van der Waals surface area contributed by atoms with Crippen LogP contribution in [0.4, 0.5) is 0 Å². The third-order valence-corrected chi connectivity index (χ3v) is 2.36. The Kier molecular flexibility index (Phi) is 1.91. The quantitative estimate of drug-likeness (QED) is 0.575. The summed E-state index contributed by atoms with van der Waals surface area (Å²) in [5, 5.41) is 0. The molecule has 1 saturated heterocycles. The Balaban J connectivity index is 2.29. The molecule has 64 valence electrons. The molecule has 3 heteroatoms. The van der Waals surface area contributed by atoms with Crippen molar-refractivity contribution in [3.63, 3.8) is 0 Å². The summed E-state index contributed by atoms with van der Waals surface area (Å²) < 4.78 is 11.1. The van der Waals surface area contributed by atoms with Gasteiger partial charge in [-0.1, -0.05) is 30.3 Å². The van der Waals surface area contributed by atoms with Crippen molar-refractivity contribution < 1.29 is 9.31 Å². The van der Waals surface area contributed by atoms with E-state index in [0.29, 0.717) is 13.2 Å². The Morgan fingerprint density at radius 2 is 1.67 bits per heavy atom. The monoisotopic (exact) mass is 163 g/mol. The molecular formula is C9H12BO2-. The van der Waals surface area contributed by atoms with Gasteiger partial charge in [-0.25, -0.2) is 0 Å². The van der Waals surface area contributed by atoms with Gasteiger partial charge in [-0.3, -0.25) is 0 Å². The smallest absolute Gasteiger partial charge is 0.266 e. The highest BCUT2D eigenvalue weighted by atomic mass is 16.6. The molecule has 0 unspecified atom stereocenters. The van der Waals surface area contributed by atoms with Crippen LogP contribution < -0.4 is 5.46 Å². The van der Waals surface area contributed by atoms with Crippen LogP contribution in [0.2, 0.25) is 6.82 Å². The molecule has 0 N–H and O–H groups in total. The molecule has 0 saturated carbocycles. The summed E-state index contributed by atoms with van der Waals surface area (Å²) in [5.74, 6) is 0. The zero-order valence-corrected chi connectivity index (χ0v) is 7.19. The molecule has 0 atom stereocenters. The van der Waals surface area contributed by atoms with Crippen molar-refractivity contribution >= 4 is 12.0 Å². The van der Waals surface area contributed by atoms with Crippen molar-refractivity contribution in [2.24, 2.45) is 0 Å². The molecule has 0 aliphatic carbocycles. The second kappa shape index (κ2) is 2.92. The fourth-order valence-corrected chi connectivity index (χ4v) is 1.59. The fraction of sp³-hybridized carbons (Fsp3) is 0.333. The Morgan fingerprint density at radius 3 is 2.25 bits per heavy atom. The van der Waals surface area contributed by atoms with E-state index in [4.69, 9.17) is 9.31 Å². The van der Waals surface area contributed by atoms with Crippen molar-refractivity contribution in [3.05, 3.63) is 30.3 Å². The van der Waals surface area contributed by atoms with Crippen LogP contribution in [0.3, 0.4) is 0 Å². The maximum absolute atomic E-state index is 5.57. The van der Waals surface area contributed by atoms with Crippen LogP contribution in [0.15, 0.2) is 30.3 Å². The summed E-state index contributed by atoms with van der Waals surface area (Å²) in [6.45, 7) is 2.28. The third kappa shape index (κ3) is 1.26. The second-order valence-electron chi connectivity index (χ2n) is 3.24. The molecule has 0 radical (unpaired) electrons. The van der Waals surface area contributed by atoms with E-state index in [-0.39, 0.29) is 0 Å². The molecule has 1 aliphatic rings. The third-order valence-electron chi connectivity index (χ3n) is 2.36. The van der Waals surface area contributed by atoms with Crippen LogP contribution in [0, 0.1) is 0 Å². The first-order valence-corrected chi connectivity index (χ1v) is 4.33. The van der Waals surface area contributed by atoms with Crippen molar-refractivity contribution in [2.75, 3.05) is 13.2 Å². The Labute approximate surface area is 72.5 Å².